The van der Waals surface area contributed by atoms with Gasteiger partial charge in [0.05, 0.1) is 16.8 Å². The molecule has 3 aromatic rings. The van der Waals surface area contributed by atoms with Crippen LogP contribution in [0.3, 0.4) is 0 Å². The van der Waals surface area contributed by atoms with Crippen LogP contribution in [0.15, 0.2) is 42.5 Å². The molecule has 0 saturated carbocycles. The van der Waals surface area contributed by atoms with E-state index in [1.54, 1.807) is 47.1 Å². The first-order valence-electron chi connectivity index (χ1n) is 8.20. The van der Waals surface area contributed by atoms with Crippen LogP contribution in [0, 0.1) is 0 Å². The van der Waals surface area contributed by atoms with Crippen LogP contribution in [0.1, 0.15) is 36.1 Å². The summed E-state index contributed by atoms with van der Waals surface area (Å²) in [6.07, 6.45) is 0. The fourth-order valence-electron chi connectivity index (χ4n) is 2.34. The molecule has 0 unspecified atom stereocenters. The SMILES string of the molecule is CC(C)n1nnnc1COc1ccc(C(=O)Nc2ccc(Cl)cc2Cl)cc1. The average Bonchev–Trinajstić information content (AvgIpc) is 3.11. The van der Waals surface area contributed by atoms with Crippen molar-refractivity contribution in [1.29, 1.82) is 0 Å². The Hall–Kier alpha value is -2.64. The molecule has 0 saturated heterocycles. The number of benzene rings is 2. The normalized spacial score (nSPS) is 10.9. The van der Waals surface area contributed by atoms with E-state index in [1.165, 1.54) is 0 Å². The number of anilines is 1. The van der Waals surface area contributed by atoms with Gasteiger partial charge in [-0.05, 0) is 66.7 Å². The topological polar surface area (TPSA) is 81.9 Å². The number of nitrogens with zero attached hydrogens (tertiary/aromatic N) is 4. The van der Waals surface area contributed by atoms with Crippen molar-refractivity contribution in [3.05, 3.63) is 63.9 Å². The number of carbonyl (C=O) groups is 1. The summed E-state index contributed by atoms with van der Waals surface area (Å²) in [7, 11) is 0. The molecule has 0 atom stereocenters. The first kappa shape index (κ1) is 19.1. The lowest BCUT2D eigenvalue weighted by atomic mass is 10.2. The van der Waals surface area contributed by atoms with Crippen molar-refractivity contribution in [2.75, 3.05) is 5.32 Å². The first-order chi connectivity index (χ1) is 12.9. The summed E-state index contributed by atoms with van der Waals surface area (Å²) in [5.74, 6) is 0.952. The Labute approximate surface area is 166 Å². The highest BCUT2D eigenvalue weighted by molar-refractivity contribution is 6.36. The van der Waals surface area contributed by atoms with E-state index in [0.717, 1.165) is 0 Å². The Kier molecular flexibility index (Phi) is 5.93. The number of halogens is 2. The highest BCUT2D eigenvalue weighted by Crippen LogP contribution is 2.26. The molecular weight excluding hydrogens is 389 g/mol. The van der Waals surface area contributed by atoms with Crippen LogP contribution in [-0.2, 0) is 6.61 Å². The van der Waals surface area contributed by atoms with E-state index in [0.29, 0.717) is 32.9 Å². The average molecular weight is 406 g/mol. The Morgan fingerprint density at radius 3 is 2.59 bits per heavy atom. The van der Waals surface area contributed by atoms with Crippen LogP contribution in [0.25, 0.3) is 0 Å². The molecule has 0 aliphatic heterocycles. The molecule has 140 valence electrons. The Morgan fingerprint density at radius 2 is 1.93 bits per heavy atom. The summed E-state index contributed by atoms with van der Waals surface area (Å²) in [4.78, 5) is 12.4. The molecule has 9 heteroatoms. The molecule has 1 heterocycles. The number of amides is 1. The molecule has 0 spiro atoms. The third kappa shape index (κ3) is 4.75. The van der Waals surface area contributed by atoms with E-state index in [2.05, 4.69) is 20.8 Å². The number of ether oxygens (including phenoxy) is 1. The lowest BCUT2D eigenvalue weighted by molar-refractivity contribution is 0.102. The maximum Gasteiger partial charge on any atom is 0.255 e. The van der Waals surface area contributed by atoms with Crippen molar-refractivity contribution >= 4 is 34.8 Å². The molecule has 0 aliphatic rings. The molecule has 27 heavy (non-hydrogen) atoms. The van der Waals surface area contributed by atoms with Crippen LogP contribution in [0.2, 0.25) is 10.0 Å². The number of nitrogens with one attached hydrogen (secondary N) is 1. The maximum atomic E-state index is 12.4. The Bertz CT molecular complexity index is 941. The van der Waals surface area contributed by atoms with Gasteiger partial charge in [0, 0.05) is 10.6 Å². The molecule has 1 aromatic heterocycles. The van der Waals surface area contributed by atoms with E-state index in [4.69, 9.17) is 27.9 Å². The van der Waals surface area contributed by atoms with Gasteiger partial charge in [-0.1, -0.05) is 23.2 Å². The fourth-order valence-corrected chi connectivity index (χ4v) is 2.80. The summed E-state index contributed by atoms with van der Waals surface area (Å²) in [6, 6.07) is 11.8. The predicted molar refractivity (Wildman–Crippen MR) is 103 cm³/mol. The van der Waals surface area contributed by atoms with Gasteiger partial charge in [-0.3, -0.25) is 4.79 Å². The van der Waals surface area contributed by atoms with Gasteiger partial charge in [0.1, 0.15) is 12.4 Å². The maximum absolute atomic E-state index is 12.4. The van der Waals surface area contributed by atoms with Crippen LogP contribution >= 0.6 is 23.2 Å². The van der Waals surface area contributed by atoms with Gasteiger partial charge < -0.3 is 10.1 Å². The summed E-state index contributed by atoms with van der Waals surface area (Å²) in [5, 5.41) is 15.2. The molecule has 0 bridgehead atoms. The summed E-state index contributed by atoms with van der Waals surface area (Å²) in [5.41, 5.74) is 0.965. The standard InChI is InChI=1S/C18H17Cl2N5O2/c1-11(2)25-17(22-23-24-25)10-27-14-6-3-12(4-7-14)18(26)21-16-8-5-13(19)9-15(16)20/h3-9,11H,10H2,1-2H3,(H,21,26). The van der Waals surface area contributed by atoms with Crippen LogP contribution in [-0.4, -0.2) is 26.1 Å². The zero-order chi connectivity index (χ0) is 19.4. The van der Waals surface area contributed by atoms with Crippen molar-refractivity contribution in [2.24, 2.45) is 0 Å². The smallest absolute Gasteiger partial charge is 0.255 e. The minimum atomic E-state index is -0.283. The molecule has 0 aliphatic carbocycles. The third-order valence-corrected chi connectivity index (χ3v) is 4.26. The van der Waals surface area contributed by atoms with Crippen molar-refractivity contribution in [3.63, 3.8) is 0 Å². The Morgan fingerprint density at radius 1 is 1.19 bits per heavy atom. The number of carbonyl (C=O) groups excluding carboxylic acids is 1. The summed E-state index contributed by atoms with van der Waals surface area (Å²) >= 11 is 11.9. The number of hydrogen-bond donors (Lipinski definition) is 1. The van der Waals surface area contributed by atoms with Gasteiger partial charge >= 0.3 is 0 Å². The molecular formula is C18H17Cl2N5O2. The first-order valence-corrected chi connectivity index (χ1v) is 8.95. The predicted octanol–water partition coefficient (Wildman–Crippen LogP) is 4.39. The van der Waals surface area contributed by atoms with Gasteiger partial charge in [-0.2, -0.15) is 0 Å². The monoisotopic (exact) mass is 405 g/mol. The van der Waals surface area contributed by atoms with Crippen LogP contribution in [0.4, 0.5) is 5.69 Å². The van der Waals surface area contributed by atoms with E-state index < -0.39 is 0 Å². The van der Waals surface area contributed by atoms with Gasteiger partial charge in [0.2, 0.25) is 0 Å². The number of tetrazole rings is 1. The lowest BCUT2D eigenvalue weighted by Crippen LogP contribution is -2.12. The number of aromatic nitrogens is 4. The molecule has 2 aromatic carbocycles. The molecule has 0 radical (unpaired) electrons. The zero-order valence-electron chi connectivity index (χ0n) is 14.7. The molecule has 1 amide bonds. The molecule has 0 fully saturated rings. The van der Waals surface area contributed by atoms with Crippen molar-refractivity contribution < 1.29 is 9.53 Å². The van der Waals surface area contributed by atoms with E-state index in [9.17, 15) is 4.79 Å². The van der Waals surface area contributed by atoms with Gasteiger partial charge in [0.25, 0.3) is 5.91 Å². The number of rotatable bonds is 6. The van der Waals surface area contributed by atoms with Gasteiger partial charge in [-0.15, -0.1) is 5.10 Å². The zero-order valence-corrected chi connectivity index (χ0v) is 16.2. The second-order valence-corrected chi connectivity index (χ2v) is 6.87. The number of hydrogen-bond acceptors (Lipinski definition) is 5. The van der Waals surface area contributed by atoms with Gasteiger partial charge in [-0.25, -0.2) is 4.68 Å². The molecule has 3 rings (SSSR count). The van der Waals surface area contributed by atoms with Crippen molar-refractivity contribution in [2.45, 2.75) is 26.5 Å². The van der Waals surface area contributed by atoms with E-state index in [-0.39, 0.29) is 18.6 Å². The van der Waals surface area contributed by atoms with E-state index in [1.807, 2.05) is 13.8 Å². The second kappa shape index (κ2) is 8.37. The summed E-state index contributed by atoms with van der Waals surface area (Å²) < 4.78 is 7.39. The molecule has 1 N–H and O–H groups in total. The highest BCUT2D eigenvalue weighted by atomic mass is 35.5. The van der Waals surface area contributed by atoms with Crippen LogP contribution in [0.5, 0.6) is 5.75 Å². The highest BCUT2D eigenvalue weighted by Gasteiger charge is 2.11. The largest absolute Gasteiger partial charge is 0.486 e. The minimum Gasteiger partial charge on any atom is -0.486 e. The van der Waals surface area contributed by atoms with Gasteiger partial charge in [0.15, 0.2) is 5.82 Å². The summed E-state index contributed by atoms with van der Waals surface area (Å²) in [6.45, 7) is 4.21. The quantitative estimate of drug-likeness (QED) is 0.657. The van der Waals surface area contributed by atoms with Crippen LogP contribution < -0.4 is 10.1 Å². The fraction of sp³-hybridized carbons (Fsp3) is 0.222. The van der Waals surface area contributed by atoms with Crippen molar-refractivity contribution in [1.82, 2.24) is 20.2 Å². The minimum absolute atomic E-state index is 0.143. The van der Waals surface area contributed by atoms with E-state index >= 15 is 0 Å². The second-order valence-electron chi connectivity index (χ2n) is 6.02. The molecule has 7 nitrogen and oxygen atoms in total. The van der Waals surface area contributed by atoms with Crippen molar-refractivity contribution in [3.8, 4) is 5.75 Å². The third-order valence-electron chi connectivity index (χ3n) is 3.71. The Balaban J connectivity index is 1.62. The lowest BCUT2D eigenvalue weighted by Gasteiger charge is -2.10.